The molecule has 1 saturated heterocycles. The molecule has 1 aromatic carbocycles. The van der Waals surface area contributed by atoms with Crippen LogP contribution in [0, 0.1) is 0 Å². The monoisotopic (exact) mass is 448 g/mol. The molecule has 1 aliphatic rings. The summed E-state index contributed by atoms with van der Waals surface area (Å²) < 4.78 is 15.9. The Labute approximate surface area is 188 Å². The van der Waals surface area contributed by atoms with Gasteiger partial charge in [0.2, 0.25) is 5.96 Å². The molecule has 0 atom stereocenters. The molecule has 1 N–H and O–H groups in total. The van der Waals surface area contributed by atoms with Gasteiger partial charge in [0.15, 0.2) is 0 Å². The molecule has 0 spiro atoms. The number of rotatable bonds is 2. The minimum absolute atomic E-state index is 0.0854. The Hall–Kier alpha value is -3.30. The molecule has 10 heteroatoms. The van der Waals surface area contributed by atoms with E-state index < -0.39 is 29.5 Å². The van der Waals surface area contributed by atoms with Gasteiger partial charge in [-0.3, -0.25) is 5.32 Å². The topological polar surface area (TPSA) is 110 Å². The number of nitrogens with zero attached hydrogens (tertiary/aromatic N) is 3. The van der Waals surface area contributed by atoms with Crippen LogP contribution in [0.5, 0.6) is 0 Å². The number of hydrogen-bond donors (Lipinski definition) is 1. The number of hydrazine groups is 1. The lowest BCUT2D eigenvalue weighted by Gasteiger charge is -2.30. The van der Waals surface area contributed by atoms with E-state index >= 15 is 0 Å². The van der Waals surface area contributed by atoms with Gasteiger partial charge < -0.3 is 14.2 Å². The van der Waals surface area contributed by atoms with Crippen molar-refractivity contribution in [2.24, 2.45) is 4.99 Å². The van der Waals surface area contributed by atoms with Crippen molar-refractivity contribution in [2.45, 2.75) is 65.8 Å². The van der Waals surface area contributed by atoms with Crippen molar-refractivity contribution in [2.75, 3.05) is 13.1 Å². The van der Waals surface area contributed by atoms with Crippen molar-refractivity contribution < 1.29 is 28.6 Å². The van der Waals surface area contributed by atoms with E-state index in [1.54, 1.807) is 41.5 Å². The molecule has 0 unspecified atom stereocenters. The molecule has 0 saturated carbocycles. The van der Waals surface area contributed by atoms with Crippen LogP contribution >= 0.6 is 0 Å². The maximum absolute atomic E-state index is 12.7. The van der Waals surface area contributed by atoms with Crippen LogP contribution in [0.2, 0.25) is 0 Å². The first-order valence-corrected chi connectivity index (χ1v) is 10.4. The first-order valence-electron chi connectivity index (χ1n) is 10.4. The summed E-state index contributed by atoms with van der Waals surface area (Å²) >= 11 is 0. The molecule has 2 rings (SSSR count). The van der Waals surface area contributed by atoms with Gasteiger partial charge in [0, 0.05) is 13.1 Å². The van der Waals surface area contributed by atoms with Crippen molar-refractivity contribution >= 4 is 24.2 Å². The second kappa shape index (κ2) is 10.3. The van der Waals surface area contributed by atoms with E-state index in [2.05, 4.69) is 10.3 Å². The Kier molecular flexibility index (Phi) is 8.07. The van der Waals surface area contributed by atoms with Crippen molar-refractivity contribution in [1.29, 1.82) is 0 Å². The van der Waals surface area contributed by atoms with Crippen LogP contribution in [0.3, 0.4) is 0 Å². The lowest BCUT2D eigenvalue weighted by atomic mass is 10.2. The van der Waals surface area contributed by atoms with E-state index in [0.717, 1.165) is 5.56 Å². The molecule has 1 aliphatic heterocycles. The molecule has 1 fully saturated rings. The van der Waals surface area contributed by atoms with E-state index in [9.17, 15) is 14.4 Å². The van der Waals surface area contributed by atoms with Crippen molar-refractivity contribution in [3.05, 3.63) is 35.9 Å². The highest BCUT2D eigenvalue weighted by atomic mass is 16.6. The van der Waals surface area contributed by atoms with Gasteiger partial charge in [0.1, 0.15) is 17.8 Å². The molecular formula is C22H32N4O6. The average molecular weight is 449 g/mol. The average Bonchev–Trinajstić information content (AvgIpc) is 3.13. The Morgan fingerprint density at radius 3 is 2.12 bits per heavy atom. The molecule has 0 aliphatic carbocycles. The SMILES string of the molecule is CC(C)(C)OC(=O)/N=C(\NC(=O)OC(C)(C)C)N1CCCN1C(=O)OCc1ccccc1. The zero-order valence-corrected chi connectivity index (χ0v) is 19.5. The third-order valence-electron chi connectivity index (χ3n) is 3.90. The second-order valence-electron chi connectivity index (χ2n) is 9.18. The number of carbonyl (C=O) groups excluding carboxylic acids is 3. The summed E-state index contributed by atoms with van der Waals surface area (Å²) in [6.45, 7) is 11.0. The summed E-state index contributed by atoms with van der Waals surface area (Å²) in [4.78, 5) is 41.3. The Morgan fingerprint density at radius 1 is 0.938 bits per heavy atom. The number of alkyl carbamates (subject to hydrolysis) is 1. The van der Waals surface area contributed by atoms with E-state index in [0.29, 0.717) is 19.5 Å². The second-order valence-corrected chi connectivity index (χ2v) is 9.18. The lowest BCUT2D eigenvalue weighted by Crippen LogP contribution is -2.52. The van der Waals surface area contributed by atoms with Crippen molar-refractivity contribution in [3.8, 4) is 0 Å². The maximum Gasteiger partial charge on any atom is 0.437 e. The van der Waals surface area contributed by atoms with Crippen LogP contribution in [0.1, 0.15) is 53.5 Å². The molecule has 0 bridgehead atoms. The van der Waals surface area contributed by atoms with Crippen molar-refractivity contribution in [3.63, 3.8) is 0 Å². The normalized spacial score (nSPS) is 14.8. The van der Waals surface area contributed by atoms with Crippen LogP contribution in [0.15, 0.2) is 35.3 Å². The van der Waals surface area contributed by atoms with Gasteiger partial charge in [-0.15, -0.1) is 4.99 Å². The predicted molar refractivity (Wildman–Crippen MR) is 118 cm³/mol. The first-order chi connectivity index (χ1) is 14.8. The van der Waals surface area contributed by atoms with E-state index in [1.807, 2.05) is 30.3 Å². The molecule has 10 nitrogen and oxygen atoms in total. The zero-order valence-electron chi connectivity index (χ0n) is 19.5. The summed E-state index contributed by atoms with van der Waals surface area (Å²) in [7, 11) is 0. The number of aliphatic imine (C=N–C) groups is 1. The van der Waals surface area contributed by atoms with Gasteiger partial charge in [-0.25, -0.2) is 24.4 Å². The summed E-state index contributed by atoms with van der Waals surface area (Å²) in [5, 5.41) is 5.11. The third kappa shape index (κ3) is 8.44. The quantitative estimate of drug-likeness (QED) is 0.413. The first kappa shape index (κ1) is 25.0. The number of amides is 3. The van der Waals surface area contributed by atoms with Crippen LogP contribution < -0.4 is 5.32 Å². The molecule has 3 amide bonds. The Balaban J connectivity index is 2.18. The fourth-order valence-corrected chi connectivity index (χ4v) is 2.73. The maximum atomic E-state index is 12.7. The predicted octanol–water partition coefficient (Wildman–Crippen LogP) is 4.06. The number of guanidine groups is 1. The van der Waals surface area contributed by atoms with E-state index in [-0.39, 0.29) is 12.6 Å². The standard InChI is InChI=1S/C22H32N4O6/c1-21(2,3)31-18(27)23-17(24-19(28)32-22(4,5)6)25-13-10-14-26(25)20(29)30-15-16-11-8-7-9-12-16/h7-9,11-12H,10,13-15H2,1-6H3,(H,23,24,27,28). The molecule has 1 aromatic rings. The molecule has 176 valence electrons. The smallest absolute Gasteiger partial charge is 0.437 e. The zero-order chi connectivity index (χ0) is 23.9. The lowest BCUT2D eigenvalue weighted by molar-refractivity contribution is 0.0395. The summed E-state index contributed by atoms with van der Waals surface area (Å²) in [5.41, 5.74) is -0.710. The van der Waals surface area contributed by atoms with Crippen LogP contribution in [-0.4, -0.2) is 58.5 Å². The Morgan fingerprint density at radius 2 is 1.53 bits per heavy atom. The minimum Gasteiger partial charge on any atom is -0.444 e. The van der Waals surface area contributed by atoms with Crippen LogP contribution in [0.25, 0.3) is 0 Å². The summed E-state index contributed by atoms with van der Waals surface area (Å²) in [5.74, 6) is -0.178. The highest BCUT2D eigenvalue weighted by molar-refractivity contribution is 5.99. The molecular weight excluding hydrogens is 416 g/mol. The van der Waals surface area contributed by atoms with Gasteiger partial charge in [-0.1, -0.05) is 30.3 Å². The third-order valence-corrected chi connectivity index (χ3v) is 3.90. The number of carbonyl (C=O) groups is 3. The molecule has 0 aromatic heterocycles. The van der Waals surface area contributed by atoms with Gasteiger partial charge in [0.05, 0.1) is 0 Å². The molecule has 32 heavy (non-hydrogen) atoms. The van der Waals surface area contributed by atoms with E-state index in [1.165, 1.54) is 10.0 Å². The number of ether oxygens (including phenoxy) is 3. The number of hydrogen-bond acceptors (Lipinski definition) is 6. The van der Waals surface area contributed by atoms with Gasteiger partial charge in [0.25, 0.3) is 0 Å². The summed E-state index contributed by atoms with van der Waals surface area (Å²) in [6.07, 6.45) is -1.77. The van der Waals surface area contributed by atoms with Crippen LogP contribution in [-0.2, 0) is 20.8 Å². The number of benzene rings is 1. The van der Waals surface area contributed by atoms with Crippen molar-refractivity contribution in [1.82, 2.24) is 15.3 Å². The highest BCUT2D eigenvalue weighted by Crippen LogP contribution is 2.16. The van der Waals surface area contributed by atoms with Gasteiger partial charge in [-0.05, 0) is 53.5 Å². The van der Waals surface area contributed by atoms with Crippen LogP contribution in [0.4, 0.5) is 14.4 Å². The summed E-state index contributed by atoms with van der Waals surface area (Å²) in [6, 6.07) is 9.25. The number of nitrogens with one attached hydrogen (secondary N) is 1. The largest absolute Gasteiger partial charge is 0.444 e. The molecule has 1 heterocycles. The van der Waals surface area contributed by atoms with Gasteiger partial charge >= 0.3 is 18.3 Å². The van der Waals surface area contributed by atoms with E-state index in [4.69, 9.17) is 14.2 Å². The molecule has 0 radical (unpaired) electrons. The highest BCUT2D eigenvalue weighted by Gasteiger charge is 2.33. The minimum atomic E-state index is -0.909. The van der Waals surface area contributed by atoms with Gasteiger partial charge in [-0.2, -0.15) is 0 Å². The fraction of sp³-hybridized carbons (Fsp3) is 0.545. The fourth-order valence-electron chi connectivity index (χ4n) is 2.73. The Bertz CT molecular complexity index is 842.